The van der Waals surface area contributed by atoms with Crippen molar-refractivity contribution < 1.29 is 19.0 Å². The van der Waals surface area contributed by atoms with Crippen molar-refractivity contribution in [3.05, 3.63) is 39.8 Å². The number of amides is 1. The number of aryl methyl sites for hydroxylation is 1. The third-order valence-corrected chi connectivity index (χ3v) is 6.31. The number of rotatable bonds is 5. The average molecular weight is 441 g/mol. The Morgan fingerprint density at radius 3 is 2.69 bits per heavy atom. The minimum atomic E-state index is -0.524. The number of carbonyl (C=O) groups excluding carboxylic acids is 1. The molecular weight excluding hydrogens is 412 g/mol. The molecule has 3 heterocycles. The molecule has 0 radical (unpaired) electrons. The zero-order valence-electron chi connectivity index (χ0n) is 18.2. The number of aromatic amines is 1. The van der Waals surface area contributed by atoms with E-state index < -0.39 is 5.79 Å². The number of benzene rings is 1. The predicted octanol–water partition coefficient (Wildman–Crippen LogP) is 2.53. The van der Waals surface area contributed by atoms with Crippen LogP contribution in [0.2, 0.25) is 0 Å². The number of anilines is 2. The summed E-state index contributed by atoms with van der Waals surface area (Å²) in [6, 6.07) is 5.45. The standard InChI is InChI=1S/C23H28N4O5/c1-15-17(21(29)26-22(24-15)27-10-12-30-13-11-27)5-7-20(28)25-16-4-6-18-19(14-16)32-23(31-18)8-2-3-9-23/h4,6,14H,2-3,5,7-13H2,1H3,(H,25,28)(H,24,26,29). The van der Waals surface area contributed by atoms with Gasteiger partial charge in [0.25, 0.3) is 11.3 Å². The van der Waals surface area contributed by atoms with Crippen LogP contribution in [0.4, 0.5) is 11.6 Å². The highest BCUT2D eigenvalue weighted by Gasteiger charge is 2.44. The van der Waals surface area contributed by atoms with E-state index in [1.165, 1.54) is 0 Å². The van der Waals surface area contributed by atoms with Crippen molar-refractivity contribution in [2.75, 3.05) is 36.5 Å². The maximum atomic E-state index is 12.6. The summed E-state index contributed by atoms with van der Waals surface area (Å²) in [5.74, 6) is 1.25. The molecule has 2 N–H and O–H groups in total. The van der Waals surface area contributed by atoms with Gasteiger partial charge in [0.1, 0.15) is 0 Å². The molecule has 1 saturated heterocycles. The van der Waals surface area contributed by atoms with Crippen LogP contribution in [0.5, 0.6) is 11.5 Å². The monoisotopic (exact) mass is 440 g/mol. The van der Waals surface area contributed by atoms with E-state index >= 15 is 0 Å². The minimum Gasteiger partial charge on any atom is -0.448 e. The fourth-order valence-electron chi connectivity index (χ4n) is 4.57. The number of H-pyrrole nitrogens is 1. The van der Waals surface area contributed by atoms with Crippen molar-refractivity contribution in [3.8, 4) is 11.5 Å². The van der Waals surface area contributed by atoms with Crippen LogP contribution >= 0.6 is 0 Å². The van der Waals surface area contributed by atoms with Gasteiger partial charge in [-0.3, -0.25) is 14.6 Å². The number of nitrogens with one attached hydrogen (secondary N) is 2. The normalized spacial score (nSPS) is 18.8. The first-order valence-corrected chi connectivity index (χ1v) is 11.3. The Labute approximate surface area is 186 Å². The number of hydrogen-bond acceptors (Lipinski definition) is 7. The molecule has 9 heteroatoms. The number of hydrogen-bond donors (Lipinski definition) is 2. The molecule has 5 rings (SSSR count). The number of ether oxygens (including phenoxy) is 3. The Kier molecular flexibility index (Phi) is 5.50. The Hall–Kier alpha value is -3.07. The van der Waals surface area contributed by atoms with Crippen LogP contribution in [0.25, 0.3) is 0 Å². The summed E-state index contributed by atoms with van der Waals surface area (Å²) in [4.78, 5) is 34.5. The van der Waals surface area contributed by atoms with Crippen molar-refractivity contribution >= 4 is 17.5 Å². The summed E-state index contributed by atoms with van der Waals surface area (Å²) in [5, 5.41) is 2.89. The Bertz CT molecular complexity index is 1070. The fourth-order valence-corrected chi connectivity index (χ4v) is 4.57. The molecule has 9 nitrogen and oxygen atoms in total. The Balaban J connectivity index is 1.20. The molecule has 0 bridgehead atoms. The lowest BCUT2D eigenvalue weighted by atomic mass is 10.1. The zero-order chi connectivity index (χ0) is 22.1. The number of aromatic nitrogens is 2. The van der Waals surface area contributed by atoms with Crippen molar-refractivity contribution in [2.45, 2.75) is 51.2 Å². The maximum Gasteiger partial charge on any atom is 0.255 e. The van der Waals surface area contributed by atoms with E-state index in [-0.39, 0.29) is 17.9 Å². The smallest absolute Gasteiger partial charge is 0.255 e. The lowest BCUT2D eigenvalue weighted by Gasteiger charge is -2.27. The van der Waals surface area contributed by atoms with Gasteiger partial charge in [-0.05, 0) is 38.3 Å². The minimum absolute atomic E-state index is 0.171. The number of morpholine rings is 1. The third-order valence-electron chi connectivity index (χ3n) is 6.31. The molecule has 32 heavy (non-hydrogen) atoms. The van der Waals surface area contributed by atoms with Crippen LogP contribution in [0, 0.1) is 6.92 Å². The summed E-state index contributed by atoms with van der Waals surface area (Å²) in [6.07, 6.45) is 4.46. The van der Waals surface area contributed by atoms with Gasteiger partial charge in [0.05, 0.1) is 13.2 Å². The topological polar surface area (TPSA) is 106 Å². The SMILES string of the molecule is Cc1nc(N2CCOCC2)[nH]c(=O)c1CCC(=O)Nc1ccc2c(c1)OC1(CCCC1)O2. The zero-order valence-corrected chi connectivity index (χ0v) is 18.2. The highest BCUT2D eigenvalue weighted by atomic mass is 16.7. The molecular formula is C23H28N4O5. The van der Waals surface area contributed by atoms with Gasteiger partial charge in [0.2, 0.25) is 11.9 Å². The summed E-state index contributed by atoms with van der Waals surface area (Å²) in [5.41, 5.74) is 1.63. The van der Waals surface area contributed by atoms with E-state index in [0.717, 1.165) is 31.4 Å². The Morgan fingerprint density at radius 1 is 1.19 bits per heavy atom. The molecule has 1 spiro atoms. The highest BCUT2D eigenvalue weighted by molar-refractivity contribution is 5.91. The summed E-state index contributed by atoms with van der Waals surface area (Å²) >= 11 is 0. The highest BCUT2D eigenvalue weighted by Crippen LogP contribution is 2.47. The third kappa shape index (κ3) is 4.17. The van der Waals surface area contributed by atoms with Gasteiger partial charge >= 0.3 is 0 Å². The fraction of sp³-hybridized carbons (Fsp3) is 0.522. The van der Waals surface area contributed by atoms with Crippen LogP contribution < -0.4 is 25.2 Å². The van der Waals surface area contributed by atoms with Gasteiger partial charge < -0.3 is 24.4 Å². The van der Waals surface area contributed by atoms with Crippen LogP contribution in [0.15, 0.2) is 23.0 Å². The first-order chi connectivity index (χ1) is 15.5. The molecule has 170 valence electrons. The number of fused-ring (bicyclic) bond motifs is 1. The molecule has 0 atom stereocenters. The van der Waals surface area contributed by atoms with Gasteiger partial charge in [-0.2, -0.15) is 0 Å². The first-order valence-electron chi connectivity index (χ1n) is 11.3. The molecule has 0 unspecified atom stereocenters. The molecule has 1 amide bonds. The molecule has 2 fully saturated rings. The lowest BCUT2D eigenvalue weighted by Crippen LogP contribution is -2.38. The average Bonchev–Trinajstić information content (AvgIpc) is 3.39. The summed E-state index contributed by atoms with van der Waals surface area (Å²) < 4.78 is 17.4. The summed E-state index contributed by atoms with van der Waals surface area (Å²) in [6.45, 7) is 4.43. The van der Waals surface area contributed by atoms with Gasteiger partial charge in [-0.1, -0.05) is 0 Å². The quantitative estimate of drug-likeness (QED) is 0.736. The van der Waals surface area contributed by atoms with Crippen LogP contribution in [0.3, 0.4) is 0 Å². The molecule has 2 aliphatic heterocycles. The van der Waals surface area contributed by atoms with Crippen molar-refractivity contribution in [2.24, 2.45) is 0 Å². The van der Waals surface area contributed by atoms with E-state index in [9.17, 15) is 9.59 Å². The Morgan fingerprint density at radius 2 is 1.94 bits per heavy atom. The maximum absolute atomic E-state index is 12.6. The van der Waals surface area contributed by atoms with Crippen LogP contribution in [-0.4, -0.2) is 48.0 Å². The molecule has 2 aromatic rings. The lowest BCUT2D eigenvalue weighted by molar-refractivity contribution is -0.116. The van der Waals surface area contributed by atoms with Crippen molar-refractivity contribution in [1.29, 1.82) is 0 Å². The second kappa shape index (κ2) is 8.46. The van der Waals surface area contributed by atoms with Gasteiger partial charge in [0, 0.05) is 55.4 Å². The second-order valence-corrected chi connectivity index (χ2v) is 8.58. The van der Waals surface area contributed by atoms with Gasteiger partial charge in [-0.15, -0.1) is 0 Å². The molecule has 1 aliphatic carbocycles. The van der Waals surface area contributed by atoms with E-state index in [2.05, 4.69) is 15.3 Å². The predicted molar refractivity (Wildman–Crippen MR) is 118 cm³/mol. The van der Waals surface area contributed by atoms with Gasteiger partial charge in [-0.25, -0.2) is 4.98 Å². The van der Waals surface area contributed by atoms with Crippen LogP contribution in [-0.2, 0) is 16.0 Å². The second-order valence-electron chi connectivity index (χ2n) is 8.58. The van der Waals surface area contributed by atoms with E-state index in [1.54, 1.807) is 6.07 Å². The first kappa shape index (κ1) is 20.8. The van der Waals surface area contributed by atoms with Crippen molar-refractivity contribution in [1.82, 2.24) is 9.97 Å². The number of nitrogens with zero attached hydrogens (tertiary/aromatic N) is 2. The molecule has 1 saturated carbocycles. The number of carbonyl (C=O) groups is 1. The summed E-state index contributed by atoms with van der Waals surface area (Å²) in [7, 11) is 0. The molecule has 1 aromatic heterocycles. The van der Waals surface area contributed by atoms with Crippen molar-refractivity contribution in [3.63, 3.8) is 0 Å². The molecule has 3 aliphatic rings. The molecule has 1 aromatic carbocycles. The van der Waals surface area contributed by atoms with E-state index in [4.69, 9.17) is 14.2 Å². The van der Waals surface area contributed by atoms with E-state index in [0.29, 0.717) is 61.4 Å². The van der Waals surface area contributed by atoms with Crippen LogP contribution in [0.1, 0.15) is 43.4 Å². The van der Waals surface area contributed by atoms with Gasteiger partial charge in [0.15, 0.2) is 11.5 Å². The largest absolute Gasteiger partial charge is 0.448 e. The van der Waals surface area contributed by atoms with E-state index in [1.807, 2.05) is 24.0 Å².